The summed E-state index contributed by atoms with van der Waals surface area (Å²) in [6.07, 6.45) is 3.31. The van der Waals surface area contributed by atoms with Gasteiger partial charge in [-0.1, -0.05) is 0 Å². The highest BCUT2D eigenvalue weighted by atomic mass is 16.5. The van der Waals surface area contributed by atoms with Crippen LogP contribution in [-0.4, -0.2) is 18.8 Å². The highest BCUT2D eigenvalue weighted by molar-refractivity contribution is 4.71. The molecule has 0 saturated carbocycles. The van der Waals surface area contributed by atoms with E-state index in [0.717, 1.165) is 12.5 Å². The van der Waals surface area contributed by atoms with E-state index in [-0.39, 0.29) is 0 Å². The Hall–Kier alpha value is -0.0800. The van der Waals surface area contributed by atoms with Gasteiger partial charge in [0.25, 0.3) is 0 Å². The molecular formula is C8H18NO+. The maximum atomic E-state index is 5.59. The van der Waals surface area contributed by atoms with Crippen LogP contribution in [0, 0.1) is 5.92 Å². The third kappa shape index (κ3) is 1.96. The quantitative estimate of drug-likeness (QED) is 0.569. The van der Waals surface area contributed by atoms with Crippen molar-refractivity contribution in [3.05, 3.63) is 0 Å². The fourth-order valence-electron chi connectivity index (χ4n) is 1.78. The fraction of sp³-hybridized carbons (Fsp3) is 1.00. The molecule has 0 aromatic heterocycles. The lowest BCUT2D eigenvalue weighted by Gasteiger charge is -2.30. The summed E-state index contributed by atoms with van der Waals surface area (Å²) in [5, 5.41) is 0. The molecule has 1 heterocycles. The van der Waals surface area contributed by atoms with E-state index >= 15 is 0 Å². The summed E-state index contributed by atoms with van der Waals surface area (Å²) in [7, 11) is 0. The van der Waals surface area contributed by atoms with E-state index in [2.05, 4.69) is 19.6 Å². The SMILES string of the molecule is CC1CC(C[NH3+])CC(C)O1. The lowest BCUT2D eigenvalue weighted by Crippen LogP contribution is -2.55. The summed E-state index contributed by atoms with van der Waals surface area (Å²) in [6, 6.07) is 0. The van der Waals surface area contributed by atoms with Crippen LogP contribution in [0.25, 0.3) is 0 Å². The van der Waals surface area contributed by atoms with Crippen LogP contribution in [-0.2, 0) is 4.74 Å². The normalized spacial score (nSPS) is 41.7. The molecule has 0 spiro atoms. The molecule has 2 heteroatoms. The van der Waals surface area contributed by atoms with Gasteiger partial charge in [0.05, 0.1) is 18.8 Å². The Balaban J connectivity index is 2.35. The van der Waals surface area contributed by atoms with E-state index in [1.807, 2.05) is 0 Å². The maximum Gasteiger partial charge on any atom is 0.0770 e. The third-order valence-electron chi connectivity index (χ3n) is 2.20. The summed E-state index contributed by atoms with van der Waals surface area (Å²) in [4.78, 5) is 0. The lowest BCUT2D eigenvalue weighted by atomic mass is 9.93. The number of hydrogen-bond donors (Lipinski definition) is 1. The van der Waals surface area contributed by atoms with E-state index in [4.69, 9.17) is 4.74 Å². The molecule has 2 nitrogen and oxygen atoms in total. The van der Waals surface area contributed by atoms with Crippen molar-refractivity contribution in [2.24, 2.45) is 5.92 Å². The van der Waals surface area contributed by atoms with Gasteiger partial charge in [-0.25, -0.2) is 0 Å². The molecule has 1 aliphatic rings. The predicted molar refractivity (Wildman–Crippen MR) is 40.5 cm³/mol. The van der Waals surface area contributed by atoms with Crippen LogP contribution in [0.5, 0.6) is 0 Å². The Kier molecular flexibility index (Phi) is 2.69. The van der Waals surface area contributed by atoms with Crippen LogP contribution >= 0.6 is 0 Å². The Morgan fingerprint density at radius 1 is 1.30 bits per heavy atom. The van der Waals surface area contributed by atoms with Gasteiger partial charge in [0.15, 0.2) is 0 Å². The van der Waals surface area contributed by atoms with Crippen molar-refractivity contribution < 1.29 is 10.5 Å². The van der Waals surface area contributed by atoms with Gasteiger partial charge < -0.3 is 10.5 Å². The summed E-state index contributed by atoms with van der Waals surface area (Å²) >= 11 is 0. The Labute approximate surface area is 62.7 Å². The van der Waals surface area contributed by atoms with Crippen LogP contribution in [0.1, 0.15) is 26.7 Å². The van der Waals surface area contributed by atoms with Crippen molar-refractivity contribution in [1.29, 1.82) is 0 Å². The van der Waals surface area contributed by atoms with E-state index in [0.29, 0.717) is 12.2 Å². The standard InChI is InChI=1S/C8H17NO/c1-6-3-8(5-9)4-7(2)10-6/h6-8H,3-5,9H2,1-2H3/p+1. The Morgan fingerprint density at radius 2 is 1.80 bits per heavy atom. The summed E-state index contributed by atoms with van der Waals surface area (Å²) in [6.45, 7) is 5.37. The first kappa shape index (κ1) is 8.02. The zero-order valence-corrected chi connectivity index (χ0v) is 6.97. The topological polar surface area (TPSA) is 36.9 Å². The third-order valence-corrected chi connectivity index (χ3v) is 2.20. The zero-order valence-electron chi connectivity index (χ0n) is 6.97. The van der Waals surface area contributed by atoms with E-state index in [1.165, 1.54) is 12.8 Å². The molecule has 2 unspecified atom stereocenters. The second-order valence-corrected chi connectivity index (χ2v) is 3.38. The molecule has 0 amide bonds. The van der Waals surface area contributed by atoms with Crippen molar-refractivity contribution in [2.45, 2.75) is 38.9 Å². The number of quaternary nitrogens is 1. The molecule has 1 rings (SSSR count). The first-order chi connectivity index (χ1) is 4.72. The lowest BCUT2D eigenvalue weighted by molar-refractivity contribution is -0.383. The van der Waals surface area contributed by atoms with E-state index in [1.54, 1.807) is 0 Å². The molecule has 1 saturated heterocycles. The summed E-state index contributed by atoms with van der Waals surface area (Å²) < 4.78 is 5.59. The molecule has 3 N–H and O–H groups in total. The molecule has 2 atom stereocenters. The molecule has 10 heavy (non-hydrogen) atoms. The molecule has 0 bridgehead atoms. The van der Waals surface area contributed by atoms with Gasteiger partial charge in [0.2, 0.25) is 0 Å². The van der Waals surface area contributed by atoms with Crippen LogP contribution in [0.2, 0.25) is 0 Å². The highest BCUT2D eigenvalue weighted by Gasteiger charge is 2.23. The second kappa shape index (κ2) is 3.35. The molecular weight excluding hydrogens is 126 g/mol. The van der Waals surface area contributed by atoms with Crippen molar-refractivity contribution in [1.82, 2.24) is 0 Å². The highest BCUT2D eigenvalue weighted by Crippen LogP contribution is 2.22. The van der Waals surface area contributed by atoms with Crippen molar-refractivity contribution in [3.63, 3.8) is 0 Å². The van der Waals surface area contributed by atoms with Crippen LogP contribution in [0.3, 0.4) is 0 Å². The van der Waals surface area contributed by atoms with Crippen molar-refractivity contribution >= 4 is 0 Å². The van der Waals surface area contributed by atoms with Gasteiger partial charge in [-0.15, -0.1) is 0 Å². The van der Waals surface area contributed by atoms with Crippen molar-refractivity contribution in [3.8, 4) is 0 Å². The molecule has 0 radical (unpaired) electrons. The summed E-state index contributed by atoms with van der Waals surface area (Å²) in [5.41, 5.74) is 3.92. The molecule has 1 aliphatic heterocycles. The van der Waals surface area contributed by atoms with Gasteiger partial charge in [-0.3, -0.25) is 0 Å². The minimum absolute atomic E-state index is 0.454. The smallest absolute Gasteiger partial charge is 0.0770 e. The average Bonchev–Trinajstić information content (AvgIpc) is 1.85. The van der Waals surface area contributed by atoms with E-state index < -0.39 is 0 Å². The van der Waals surface area contributed by atoms with Gasteiger partial charge in [0.1, 0.15) is 0 Å². The van der Waals surface area contributed by atoms with Gasteiger partial charge in [-0.2, -0.15) is 0 Å². The van der Waals surface area contributed by atoms with Gasteiger partial charge >= 0.3 is 0 Å². The van der Waals surface area contributed by atoms with Gasteiger partial charge in [-0.05, 0) is 26.7 Å². The number of hydrogen-bond acceptors (Lipinski definition) is 1. The largest absolute Gasteiger partial charge is 0.376 e. The average molecular weight is 144 g/mol. The molecule has 0 aliphatic carbocycles. The fourth-order valence-corrected chi connectivity index (χ4v) is 1.78. The van der Waals surface area contributed by atoms with Crippen molar-refractivity contribution in [2.75, 3.05) is 6.54 Å². The Morgan fingerprint density at radius 3 is 2.20 bits per heavy atom. The first-order valence-corrected chi connectivity index (χ1v) is 4.17. The minimum atomic E-state index is 0.454. The predicted octanol–water partition coefficient (Wildman–Crippen LogP) is 0.432. The molecule has 1 fully saturated rings. The molecule has 0 aromatic carbocycles. The molecule has 60 valence electrons. The van der Waals surface area contributed by atoms with Gasteiger partial charge in [0, 0.05) is 5.92 Å². The van der Waals surface area contributed by atoms with Crippen LogP contribution in [0.15, 0.2) is 0 Å². The number of ether oxygens (including phenoxy) is 1. The first-order valence-electron chi connectivity index (χ1n) is 4.17. The zero-order chi connectivity index (χ0) is 7.56. The number of rotatable bonds is 1. The van der Waals surface area contributed by atoms with Crippen LogP contribution in [0.4, 0.5) is 0 Å². The molecule has 0 aromatic rings. The monoisotopic (exact) mass is 144 g/mol. The summed E-state index contributed by atoms with van der Waals surface area (Å²) in [5.74, 6) is 0.804. The second-order valence-electron chi connectivity index (χ2n) is 3.38. The van der Waals surface area contributed by atoms with E-state index in [9.17, 15) is 0 Å². The minimum Gasteiger partial charge on any atom is -0.376 e. The van der Waals surface area contributed by atoms with Crippen LogP contribution < -0.4 is 5.73 Å². The Bertz CT molecular complexity index is 95.4. The maximum absolute atomic E-state index is 5.59.